The minimum atomic E-state index is -1.67. The second-order valence-corrected chi connectivity index (χ2v) is 5.26. The first kappa shape index (κ1) is 18.8. The van der Waals surface area contributed by atoms with Gasteiger partial charge in [-0.2, -0.15) is 0 Å². The number of carboxylic acid groups (broad SMARTS) is 1. The molecule has 1 aromatic heterocycles. The molecule has 1 amide bonds. The van der Waals surface area contributed by atoms with Crippen LogP contribution in [-0.2, 0) is 9.53 Å². The maximum absolute atomic E-state index is 11.4. The minimum absolute atomic E-state index is 0. The summed E-state index contributed by atoms with van der Waals surface area (Å²) in [6.07, 6.45) is -0.718. The Morgan fingerprint density at radius 2 is 2.10 bits per heavy atom. The van der Waals surface area contributed by atoms with Gasteiger partial charge in [0.1, 0.15) is 11.3 Å². The Morgan fingerprint density at radius 1 is 1.50 bits per heavy atom. The van der Waals surface area contributed by atoms with E-state index in [0.717, 1.165) is 11.3 Å². The molecule has 104 valence electrons. The Bertz CT molecular complexity index is 523. The van der Waals surface area contributed by atoms with Crippen molar-refractivity contribution in [2.24, 2.45) is 5.16 Å². The number of anilines is 1. The Balaban J connectivity index is 0.00000361. The van der Waals surface area contributed by atoms with Gasteiger partial charge in [-0.1, -0.05) is 5.16 Å². The van der Waals surface area contributed by atoms with Crippen LogP contribution in [0.4, 0.5) is 9.93 Å². The fourth-order valence-corrected chi connectivity index (χ4v) is 1.71. The molecule has 1 heterocycles. The first-order valence-corrected chi connectivity index (χ1v) is 6.00. The molecular formula is C10H12N3NaO5S. The Morgan fingerprint density at radius 3 is 2.55 bits per heavy atom. The number of thiazole rings is 1. The van der Waals surface area contributed by atoms with Gasteiger partial charge < -0.3 is 19.8 Å². The SMILES string of the molecule is CC(C)(C)OC(=O)Nc1nc(C(=NO)C(=O)[O-])cs1.[Na+]. The van der Waals surface area contributed by atoms with Crippen molar-refractivity contribution in [3.8, 4) is 0 Å². The van der Waals surface area contributed by atoms with Crippen molar-refractivity contribution in [3.05, 3.63) is 11.1 Å². The van der Waals surface area contributed by atoms with E-state index in [9.17, 15) is 14.7 Å². The van der Waals surface area contributed by atoms with Crippen LogP contribution in [-0.4, -0.2) is 33.6 Å². The average Bonchev–Trinajstić information content (AvgIpc) is 2.63. The molecule has 0 fully saturated rings. The fourth-order valence-electron chi connectivity index (χ4n) is 1.03. The van der Waals surface area contributed by atoms with Crippen molar-refractivity contribution in [3.63, 3.8) is 0 Å². The molecule has 1 rings (SSSR count). The van der Waals surface area contributed by atoms with Gasteiger partial charge in [-0.05, 0) is 20.8 Å². The summed E-state index contributed by atoms with van der Waals surface area (Å²) >= 11 is 0.959. The zero-order valence-electron chi connectivity index (χ0n) is 11.5. The molecule has 1 aromatic rings. The van der Waals surface area contributed by atoms with Gasteiger partial charge in [0.05, 0.1) is 5.97 Å². The number of ether oxygens (including phenoxy) is 1. The molecule has 0 radical (unpaired) electrons. The van der Waals surface area contributed by atoms with E-state index < -0.39 is 23.4 Å². The van der Waals surface area contributed by atoms with Crippen LogP contribution in [0, 0.1) is 0 Å². The number of hydrogen-bond acceptors (Lipinski definition) is 8. The van der Waals surface area contributed by atoms with Crippen LogP contribution < -0.4 is 40.0 Å². The van der Waals surface area contributed by atoms with Gasteiger partial charge in [0.2, 0.25) is 0 Å². The quantitative estimate of drug-likeness (QED) is 0.273. The second kappa shape index (κ2) is 7.58. The molecule has 10 heteroatoms. The van der Waals surface area contributed by atoms with Crippen molar-refractivity contribution in [2.45, 2.75) is 26.4 Å². The first-order valence-electron chi connectivity index (χ1n) is 5.12. The van der Waals surface area contributed by atoms with Gasteiger partial charge in [0.15, 0.2) is 10.8 Å². The standard InChI is InChI=1S/C10H13N3O5S.Na/c1-10(2,3)18-9(16)12-8-11-5(4-19-8)6(13-17)7(14)15;/h4,17H,1-3H3,(H,14,15)(H,11,12,16);/q;+1/p-1. The van der Waals surface area contributed by atoms with Gasteiger partial charge in [-0.25, -0.2) is 9.78 Å². The van der Waals surface area contributed by atoms with E-state index in [1.807, 2.05) is 0 Å². The number of carbonyl (C=O) groups is 2. The molecule has 0 saturated heterocycles. The minimum Gasteiger partial charge on any atom is -0.543 e. The van der Waals surface area contributed by atoms with Crippen LogP contribution in [0.3, 0.4) is 0 Å². The maximum atomic E-state index is 11.4. The predicted molar refractivity (Wildman–Crippen MR) is 65.3 cm³/mol. The molecule has 0 atom stereocenters. The summed E-state index contributed by atoms with van der Waals surface area (Å²) in [5, 5.41) is 25.4. The summed E-state index contributed by atoms with van der Waals surface area (Å²) in [7, 11) is 0. The summed E-state index contributed by atoms with van der Waals surface area (Å²) < 4.78 is 4.99. The van der Waals surface area contributed by atoms with E-state index in [4.69, 9.17) is 9.94 Å². The van der Waals surface area contributed by atoms with Crippen LogP contribution in [0.25, 0.3) is 0 Å². The molecule has 0 saturated carbocycles. The number of aliphatic carboxylic acids is 1. The topological polar surface area (TPSA) is 124 Å². The monoisotopic (exact) mass is 309 g/mol. The largest absolute Gasteiger partial charge is 1.00 e. The molecule has 0 unspecified atom stereocenters. The van der Waals surface area contributed by atoms with E-state index in [0.29, 0.717) is 0 Å². The summed E-state index contributed by atoms with van der Waals surface area (Å²) in [6, 6.07) is 0. The van der Waals surface area contributed by atoms with Crippen LogP contribution in [0.15, 0.2) is 10.5 Å². The molecule has 8 nitrogen and oxygen atoms in total. The molecule has 0 aliphatic carbocycles. The molecule has 0 aromatic carbocycles. The fraction of sp³-hybridized carbons (Fsp3) is 0.400. The number of carboxylic acids is 1. The van der Waals surface area contributed by atoms with E-state index in [2.05, 4.69) is 15.5 Å². The normalized spacial score (nSPS) is 11.4. The van der Waals surface area contributed by atoms with E-state index in [1.165, 1.54) is 5.38 Å². The molecule has 20 heavy (non-hydrogen) atoms. The van der Waals surface area contributed by atoms with Crippen LogP contribution in [0.2, 0.25) is 0 Å². The van der Waals surface area contributed by atoms with Crippen LogP contribution in [0.5, 0.6) is 0 Å². The smallest absolute Gasteiger partial charge is 0.543 e. The van der Waals surface area contributed by atoms with Crippen molar-refractivity contribution in [1.29, 1.82) is 0 Å². The third-order valence-electron chi connectivity index (χ3n) is 1.65. The summed E-state index contributed by atoms with van der Waals surface area (Å²) in [4.78, 5) is 25.8. The summed E-state index contributed by atoms with van der Waals surface area (Å²) in [5.74, 6) is -1.67. The summed E-state index contributed by atoms with van der Waals surface area (Å²) in [6.45, 7) is 5.10. The molecule has 2 N–H and O–H groups in total. The number of nitrogens with one attached hydrogen (secondary N) is 1. The van der Waals surface area contributed by atoms with Crippen molar-refractivity contribution in [2.75, 3.05) is 5.32 Å². The third-order valence-corrected chi connectivity index (χ3v) is 2.41. The van der Waals surface area contributed by atoms with E-state index in [1.54, 1.807) is 20.8 Å². The second-order valence-electron chi connectivity index (χ2n) is 4.40. The number of amides is 1. The average molecular weight is 309 g/mol. The van der Waals surface area contributed by atoms with Crippen molar-refractivity contribution >= 4 is 34.2 Å². The van der Waals surface area contributed by atoms with Crippen molar-refractivity contribution < 1.29 is 54.2 Å². The number of carbonyl (C=O) groups excluding carboxylic acids is 2. The van der Waals surface area contributed by atoms with Crippen molar-refractivity contribution in [1.82, 2.24) is 4.98 Å². The van der Waals surface area contributed by atoms with Gasteiger partial charge in [0.25, 0.3) is 0 Å². The number of nitrogens with zero attached hydrogens (tertiary/aromatic N) is 2. The van der Waals surface area contributed by atoms with E-state index in [-0.39, 0.29) is 40.4 Å². The van der Waals surface area contributed by atoms with Gasteiger partial charge in [-0.3, -0.25) is 5.32 Å². The van der Waals surface area contributed by atoms with Gasteiger partial charge in [-0.15, -0.1) is 11.3 Å². The Hall–Kier alpha value is -1.16. The number of oxime groups is 1. The molecule has 0 bridgehead atoms. The number of aromatic nitrogens is 1. The predicted octanol–water partition coefficient (Wildman–Crippen LogP) is -2.58. The molecule has 0 aliphatic rings. The molecule has 0 aliphatic heterocycles. The third kappa shape index (κ3) is 5.87. The van der Waals surface area contributed by atoms with Crippen LogP contribution >= 0.6 is 11.3 Å². The summed E-state index contributed by atoms with van der Waals surface area (Å²) in [5.41, 5.74) is -1.49. The van der Waals surface area contributed by atoms with Gasteiger partial charge >= 0.3 is 35.7 Å². The number of hydrogen-bond donors (Lipinski definition) is 2. The number of rotatable bonds is 3. The first-order chi connectivity index (χ1) is 8.73. The zero-order valence-corrected chi connectivity index (χ0v) is 14.3. The Labute approximate surface area is 141 Å². The molecule has 0 spiro atoms. The maximum Gasteiger partial charge on any atom is 1.00 e. The van der Waals surface area contributed by atoms with Crippen LogP contribution in [0.1, 0.15) is 26.5 Å². The zero-order chi connectivity index (χ0) is 14.6. The van der Waals surface area contributed by atoms with Gasteiger partial charge in [0, 0.05) is 5.38 Å². The molecular weight excluding hydrogens is 297 g/mol. The Kier molecular flexibility index (Phi) is 7.14. The van der Waals surface area contributed by atoms with E-state index >= 15 is 0 Å².